The van der Waals surface area contributed by atoms with Gasteiger partial charge < -0.3 is 10.6 Å². The fourth-order valence-corrected chi connectivity index (χ4v) is 2.85. The van der Waals surface area contributed by atoms with Crippen molar-refractivity contribution >= 4 is 0 Å². The van der Waals surface area contributed by atoms with Crippen LogP contribution in [0.4, 0.5) is 0 Å². The second-order valence-corrected chi connectivity index (χ2v) is 6.18. The van der Waals surface area contributed by atoms with Crippen molar-refractivity contribution in [2.45, 2.75) is 45.7 Å². The molecule has 0 atom stereocenters. The number of unbranched alkanes of at least 4 members (excludes halogenated alkanes) is 2. The van der Waals surface area contributed by atoms with Crippen molar-refractivity contribution < 1.29 is 0 Å². The van der Waals surface area contributed by atoms with E-state index in [-0.39, 0.29) is 0 Å². The molecule has 6 nitrogen and oxygen atoms in total. The summed E-state index contributed by atoms with van der Waals surface area (Å²) in [7, 11) is 0. The summed E-state index contributed by atoms with van der Waals surface area (Å²) in [6.07, 6.45) is 5.36. The van der Waals surface area contributed by atoms with Crippen molar-refractivity contribution in [3.63, 3.8) is 0 Å². The van der Waals surface area contributed by atoms with Gasteiger partial charge >= 0.3 is 0 Å². The third kappa shape index (κ3) is 5.05. The lowest BCUT2D eigenvalue weighted by atomic mass is 10.2. The minimum atomic E-state index is 0.381. The molecular weight excluding hydrogens is 264 g/mol. The quantitative estimate of drug-likeness (QED) is 0.728. The summed E-state index contributed by atoms with van der Waals surface area (Å²) in [5.74, 6) is 1.08. The minimum Gasteiger partial charge on any atom is -0.330 e. The molecule has 6 heteroatoms. The fourth-order valence-electron chi connectivity index (χ4n) is 2.85. The Bertz CT molecular complexity index is 395. The Morgan fingerprint density at radius 3 is 2.48 bits per heavy atom. The maximum absolute atomic E-state index is 5.53. The van der Waals surface area contributed by atoms with Crippen LogP contribution in [0, 0.1) is 0 Å². The van der Waals surface area contributed by atoms with Gasteiger partial charge in [-0.3, -0.25) is 4.90 Å². The molecule has 21 heavy (non-hydrogen) atoms. The molecule has 0 spiro atoms. The molecular formula is C15H30N6. The van der Waals surface area contributed by atoms with Crippen LogP contribution in [0.25, 0.3) is 0 Å². The van der Waals surface area contributed by atoms with Gasteiger partial charge in [-0.2, -0.15) is 5.10 Å². The SMILES string of the molecule is CC(C)n1ncnc1CN1CCN(CCCCCN)CC1. The molecule has 0 unspecified atom stereocenters. The van der Waals surface area contributed by atoms with Gasteiger partial charge in [0.25, 0.3) is 0 Å². The zero-order valence-electron chi connectivity index (χ0n) is 13.5. The molecule has 0 bridgehead atoms. The molecule has 2 heterocycles. The topological polar surface area (TPSA) is 63.2 Å². The highest BCUT2D eigenvalue weighted by molar-refractivity contribution is 4.88. The lowest BCUT2D eigenvalue weighted by molar-refractivity contribution is 0.121. The van der Waals surface area contributed by atoms with Gasteiger partial charge in [0, 0.05) is 32.2 Å². The van der Waals surface area contributed by atoms with Crippen molar-refractivity contribution in [3.8, 4) is 0 Å². The fraction of sp³-hybridized carbons (Fsp3) is 0.867. The Labute approximate surface area is 128 Å². The van der Waals surface area contributed by atoms with E-state index in [1.807, 2.05) is 4.68 Å². The standard InChI is InChI=1S/C15H30N6/c1-14(2)21-15(17-13-18-21)12-20-10-8-19(9-11-20)7-5-3-4-6-16/h13-14H,3-12,16H2,1-2H3. The van der Waals surface area contributed by atoms with Gasteiger partial charge in [-0.25, -0.2) is 9.67 Å². The first kappa shape index (κ1) is 16.4. The maximum atomic E-state index is 5.53. The monoisotopic (exact) mass is 294 g/mol. The summed E-state index contributed by atoms with van der Waals surface area (Å²) in [6, 6.07) is 0.381. The Balaban J connectivity index is 1.70. The minimum absolute atomic E-state index is 0.381. The molecule has 1 aliphatic heterocycles. The molecule has 1 aromatic heterocycles. The van der Waals surface area contributed by atoms with Crippen molar-refractivity contribution in [1.29, 1.82) is 0 Å². The number of aromatic nitrogens is 3. The van der Waals surface area contributed by atoms with Gasteiger partial charge in [-0.05, 0) is 39.8 Å². The van der Waals surface area contributed by atoms with E-state index in [0.717, 1.165) is 38.4 Å². The van der Waals surface area contributed by atoms with E-state index in [9.17, 15) is 0 Å². The van der Waals surface area contributed by atoms with Crippen molar-refractivity contribution in [2.75, 3.05) is 39.3 Å². The lowest BCUT2D eigenvalue weighted by Gasteiger charge is -2.34. The lowest BCUT2D eigenvalue weighted by Crippen LogP contribution is -2.46. The Kier molecular flexibility index (Phi) is 6.60. The normalized spacial score (nSPS) is 17.7. The Morgan fingerprint density at radius 2 is 1.81 bits per heavy atom. The molecule has 1 aromatic rings. The first-order valence-electron chi connectivity index (χ1n) is 8.24. The number of rotatable bonds is 8. The van der Waals surface area contributed by atoms with Gasteiger partial charge in [0.1, 0.15) is 12.2 Å². The van der Waals surface area contributed by atoms with Crippen LogP contribution in [0.1, 0.15) is 45.0 Å². The highest BCUT2D eigenvalue weighted by Gasteiger charge is 2.18. The third-order valence-corrected chi connectivity index (χ3v) is 4.14. The van der Waals surface area contributed by atoms with Crippen molar-refractivity contribution in [1.82, 2.24) is 24.6 Å². The number of nitrogens with two attached hydrogens (primary N) is 1. The second-order valence-electron chi connectivity index (χ2n) is 6.18. The average molecular weight is 294 g/mol. The molecule has 1 aliphatic rings. The van der Waals surface area contributed by atoms with Gasteiger partial charge in [0.05, 0.1) is 6.54 Å². The molecule has 2 rings (SSSR count). The summed E-state index contributed by atoms with van der Waals surface area (Å²) in [5.41, 5.74) is 5.53. The number of hydrogen-bond acceptors (Lipinski definition) is 5. The molecule has 1 fully saturated rings. The summed E-state index contributed by atoms with van der Waals surface area (Å²) in [4.78, 5) is 9.46. The summed E-state index contributed by atoms with van der Waals surface area (Å²) in [6.45, 7) is 11.8. The number of nitrogens with zero attached hydrogens (tertiary/aromatic N) is 5. The van der Waals surface area contributed by atoms with Crippen molar-refractivity contribution in [3.05, 3.63) is 12.2 Å². The molecule has 1 saturated heterocycles. The van der Waals surface area contributed by atoms with E-state index < -0.39 is 0 Å². The maximum Gasteiger partial charge on any atom is 0.141 e. The largest absolute Gasteiger partial charge is 0.330 e. The number of piperazine rings is 1. The Morgan fingerprint density at radius 1 is 1.10 bits per heavy atom. The average Bonchev–Trinajstić information content (AvgIpc) is 2.94. The van der Waals surface area contributed by atoms with Gasteiger partial charge in [-0.1, -0.05) is 6.42 Å². The third-order valence-electron chi connectivity index (χ3n) is 4.14. The summed E-state index contributed by atoms with van der Waals surface area (Å²) >= 11 is 0. The van der Waals surface area contributed by atoms with Crippen LogP contribution < -0.4 is 5.73 Å². The highest BCUT2D eigenvalue weighted by atomic mass is 15.4. The molecule has 0 amide bonds. The summed E-state index contributed by atoms with van der Waals surface area (Å²) in [5, 5.41) is 4.31. The predicted molar refractivity (Wildman–Crippen MR) is 85.0 cm³/mol. The van der Waals surface area contributed by atoms with Crippen LogP contribution in [0.15, 0.2) is 6.33 Å². The molecule has 2 N–H and O–H groups in total. The van der Waals surface area contributed by atoms with Crippen LogP contribution in [0.2, 0.25) is 0 Å². The zero-order valence-corrected chi connectivity index (χ0v) is 13.5. The van der Waals surface area contributed by atoms with E-state index in [1.165, 1.54) is 32.5 Å². The smallest absolute Gasteiger partial charge is 0.141 e. The summed E-state index contributed by atoms with van der Waals surface area (Å²) < 4.78 is 2.03. The van der Waals surface area contributed by atoms with Crippen LogP contribution >= 0.6 is 0 Å². The molecule has 0 saturated carbocycles. The predicted octanol–water partition coefficient (Wildman–Crippen LogP) is 1.11. The van der Waals surface area contributed by atoms with Crippen LogP contribution in [-0.2, 0) is 6.54 Å². The van der Waals surface area contributed by atoms with E-state index in [0.29, 0.717) is 6.04 Å². The van der Waals surface area contributed by atoms with Gasteiger partial charge in [0.15, 0.2) is 0 Å². The number of hydrogen-bond donors (Lipinski definition) is 1. The molecule has 0 radical (unpaired) electrons. The molecule has 120 valence electrons. The first-order valence-corrected chi connectivity index (χ1v) is 8.24. The zero-order chi connectivity index (χ0) is 15.1. The molecule has 0 aliphatic carbocycles. The Hall–Kier alpha value is -0.980. The van der Waals surface area contributed by atoms with E-state index >= 15 is 0 Å². The first-order chi connectivity index (χ1) is 10.2. The van der Waals surface area contributed by atoms with E-state index in [4.69, 9.17) is 5.73 Å². The van der Waals surface area contributed by atoms with E-state index in [2.05, 4.69) is 33.7 Å². The van der Waals surface area contributed by atoms with Gasteiger partial charge in [0.2, 0.25) is 0 Å². The second kappa shape index (κ2) is 8.46. The van der Waals surface area contributed by atoms with E-state index in [1.54, 1.807) is 6.33 Å². The highest BCUT2D eigenvalue weighted by Crippen LogP contribution is 2.11. The molecule has 0 aromatic carbocycles. The van der Waals surface area contributed by atoms with Crippen LogP contribution in [0.3, 0.4) is 0 Å². The van der Waals surface area contributed by atoms with Gasteiger partial charge in [-0.15, -0.1) is 0 Å². The van der Waals surface area contributed by atoms with Crippen LogP contribution in [0.5, 0.6) is 0 Å². The van der Waals surface area contributed by atoms with Crippen LogP contribution in [-0.4, -0.2) is 63.8 Å². The van der Waals surface area contributed by atoms with Crippen molar-refractivity contribution in [2.24, 2.45) is 5.73 Å².